The average molecular weight is 254 g/mol. The Bertz CT molecular complexity index is 474. The Morgan fingerprint density at radius 3 is 2.47 bits per heavy atom. The molecule has 1 aromatic rings. The molecule has 0 amide bonds. The third-order valence-corrected chi connectivity index (χ3v) is 1.46. The first-order valence-corrected chi connectivity index (χ1v) is 3.80. The van der Waals surface area contributed by atoms with Gasteiger partial charge in [0.15, 0.2) is 6.29 Å². The summed E-state index contributed by atoms with van der Waals surface area (Å²) in [7, 11) is 0. The van der Waals surface area contributed by atoms with Gasteiger partial charge in [0.2, 0.25) is 5.75 Å². The van der Waals surface area contributed by atoms with E-state index >= 15 is 0 Å². The van der Waals surface area contributed by atoms with E-state index < -0.39 is 34.4 Å². The van der Waals surface area contributed by atoms with Crippen LogP contribution in [0.5, 0.6) is 5.75 Å². The van der Waals surface area contributed by atoms with Crippen molar-refractivity contribution in [3.05, 3.63) is 27.8 Å². The Morgan fingerprint density at radius 2 is 2.06 bits per heavy atom. The zero-order valence-corrected chi connectivity index (χ0v) is 7.69. The van der Waals surface area contributed by atoms with E-state index in [0.29, 0.717) is 6.07 Å². The van der Waals surface area contributed by atoms with Crippen LogP contribution >= 0.6 is 0 Å². The van der Waals surface area contributed by atoms with Crippen molar-refractivity contribution in [3.63, 3.8) is 0 Å². The van der Waals surface area contributed by atoms with Crippen molar-refractivity contribution in [3.8, 4) is 5.75 Å². The molecule has 10 heteroatoms. The summed E-state index contributed by atoms with van der Waals surface area (Å²) in [4.78, 5) is 21.9. The van der Waals surface area contributed by atoms with Crippen LogP contribution in [-0.2, 0) is 0 Å². The SMILES string of the molecule is O=Cc1cc(OC(F)(F)F)c([N+](=O)[O-])c(F)n1. The van der Waals surface area contributed by atoms with Crippen LogP contribution in [0.4, 0.5) is 23.2 Å². The van der Waals surface area contributed by atoms with Crippen molar-refractivity contribution in [2.75, 3.05) is 0 Å². The van der Waals surface area contributed by atoms with Crippen molar-refractivity contribution in [1.82, 2.24) is 4.98 Å². The van der Waals surface area contributed by atoms with Gasteiger partial charge in [-0.15, -0.1) is 13.2 Å². The number of aromatic nitrogens is 1. The summed E-state index contributed by atoms with van der Waals surface area (Å²) in [5.41, 5.74) is -2.35. The van der Waals surface area contributed by atoms with Crippen LogP contribution < -0.4 is 4.74 Å². The summed E-state index contributed by atoms with van der Waals surface area (Å²) in [5, 5.41) is 10.3. The highest BCUT2D eigenvalue weighted by Gasteiger charge is 2.36. The molecule has 1 rings (SSSR count). The highest BCUT2D eigenvalue weighted by Crippen LogP contribution is 2.33. The van der Waals surface area contributed by atoms with Gasteiger partial charge in [-0.3, -0.25) is 14.9 Å². The third kappa shape index (κ3) is 3.09. The molecule has 0 aromatic carbocycles. The molecule has 17 heavy (non-hydrogen) atoms. The molecule has 0 spiro atoms. The Balaban J connectivity index is 3.37. The van der Waals surface area contributed by atoms with Crippen LogP contribution in [0.2, 0.25) is 0 Å². The number of ether oxygens (including phenoxy) is 1. The molecule has 0 N–H and O–H groups in total. The van der Waals surface area contributed by atoms with E-state index in [9.17, 15) is 32.5 Å². The zero-order valence-electron chi connectivity index (χ0n) is 7.69. The minimum atomic E-state index is -5.25. The van der Waals surface area contributed by atoms with E-state index in [1.54, 1.807) is 0 Å². The normalized spacial score (nSPS) is 11.1. The molecule has 0 radical (unpaired) electrons. The first-order chi connectivity index (χ1) is 7.74. The number of carbonyl (C=O) groups excluding carboxylic acids is 1. The van der Waals surface area contributed by atoms with Crippen LogP contribution in [0.25, 0.3) is 0 Å². The van der Waals surface area contributed by atoms with Gasteiger partial charge < -0.3 is 4.74 Å². The molecule has 0 saturated carbocycles. The Kier molecular flexibility index (Phi) is 3.25. The monoisotopic (exact) mass is 254 g/mol. The quantitative estimate of drug-likeness (QED) is 0.270. The third-order valence-electron chi connectivity index (χ3n) is 1.46. The Morgan fingerprint density at radius 1 is 1.47 bits per heavy atom. The maximum atomic E-state index is 13.0. The van der Waals surface area contributed by atoms with Gasteiger partial charge in [-0.1, -0.05) is 0 Å². The fourth-order valence-electron chi connectivity index (χ4n) is 0.931. The number of rotatable bonds is 3. The molecule has 1 aromatic heterocycles. The maximum Gasteiger partial charge on any atom is 0.573 e. The fourth-order valence-corrected chi connectivity index (χ4v) is 0.931. The van der Waals surface area contributed by atoms with Gasteiger partial charge in [-0.2, -0.15) is 4.39 Å². The van der Waals surface area contributed by atoms with Crippen LogP contribution in [-0.4, -0.2) is 22.6 Å². The Hall–Kier alpha value is -2.26. The van der Waals surface area contributed by atoms with Gasteiger partial charge in [0.1, 0.15) is 5.69 Å². The molecule has 0 bridgehead atoms. The fraction of sp³-hybridized carbons (Fsp3) is 0.143. The van der Waals surface area contributed by atoms with E-state index in [1.807, 2.05) is 0 Å². The summed E-state index contributed by atoms with van der Waals surface area (Å²) in [5.74, 6) is -3.27. The molecule has 0 aliphatic heterocycles. The van der Waals surface area contributed by atoms with Gasteiger partial charge in [-0.05, 0) is 0 Å². The molecule has 0 fully saturated rings. The number of nitro groups is 1. The predicted octanol–water partition coefficient (Wildman–Crippen LogP) is 1.84. The van der Waals surface area contributed by atoms with Gasteiger partial charge >= 0.3 is 12.0 Å². The van der Waals surface area contributed by atoms with Crippen LogP contribution in [0.1, 0.15) is 10.5 Å². The average Bonchev–Trinajstić information content (AvgIpc) is 2.13. The van der Waals surface area contributed by atoms with Crippen molar-refractivity contribution < 1.29 is 32.0 Å². The minimum absolute atomic E-state index is 0.0734. The molecule has 0 aliphatic rings. The van der Waals surface area contributed by atoms with Gasteiger partial charge in [-0.25, -0.2) is 4.98 Å². The number of halogens is 4. The molecule has 92 valence electrons. The molecule has 0 aliphatic carbocycles. The number of nitrogens with zero attached hydrogens (tertiary/aromatic N) is 2. The van der Waals surface area contributed by atoms with Gasteiger partial charge in [0.25, 0.3) is 5.95 Å². The molecular weight excluding hydrogens is 252 g/mol. The van der Waals surface area contributed by atoms with E-state index in [1.165, 1.54) is 0 Å². The van der Waals surface area contributed by atoms with Crippen molar-refractivity contribution >= 4 is 12.0 Å². The summed E-state index contributed by atoms with van der Waals surface area (Å²) in [6.45, 7) is 0. The summed E-state index contributed by atoms with van der Waals surface area (Å²) in [6, 6.07) is 0.321. The second-order valence-electron chi connectivity index (χ2n) is 2.61. The second-order valence-corrected chi connectivity index (χ2v) is 2.61. The van der Waals surface area contributed by atoms with E-state index in [0.717, 1.165) is 0 Å². The lowest BCUT2D eigenvalue weighted by Crippen LogP contribution is -2.19. The Labute approximate surface area is 90.0 Å². The minimum Gasteiger partial charge on any atom is -0.398 e. The standard InChI is InChI=1S/C7H2F4N2O4/c8-6-5(13(15)16)4(17-7(9,10)11)1-3(2-14)12-6/h1-2H. The van der Waals surface area contributed by atoms with E-state index in [-0.39, 0.29) is 6.29 Å². The topological polar surface area (TPSA) is 82.3 Å². The number of pyridine rings is 1. The summed E-state index contributed by atoms with van der Waals surface area (Å²) in [6.07, 6.45) is -5.32. The molecule has 1 heterocycles. The second kappa shape index (κ2) is 4.31. The molecule has 6 nitrogen and oxygen atoms in total. The maximum absolute atomic E-state index is 13.0. The van der Waals surface area contributed by atoms with Crippen LogP contribution in [0.3, 0.4) is 0 Å². The van der Waals surface area contributed by atoms with Gasteiger partial charge in [0.05, 0.1) is 4.92 Å². The first kappa shape index (κ1) is 12.8. The number of aldehydes is 1. The molecule has 0 unspecified atom stereocenters. The molecule has 0 saturated heterocycles. The lowest BCUT2D eigenvalue weighted by molar-refractivity contribution is -0.391. The number of hydrogen-bond acceptors (Lipinski definition) is 5. The lowest BCUT2D eigenvalue weighted by Gasteiger charge is -2.09. The highest BCUT2D eigenvalue weighted by molar-refractivity contribution is 5.73. The zero-order chi connectivity index (χ0) is 13.2. The summed E-state index contributed by atoms with van der Waals surface area (Å²) < 4.78 is 51.8. The van der Waals surface area contributed by atoms with E-state index in [2.05, 4.69) is 9.72 Å². The van der Waals surface area contributed by atoms with Crippen molar-refractivity contribution in [2.45, 2.75) is 6.36 Å². The van der Waals surface area contributed by atoms with Crippen molar-refractivity contribution in [1.29, 1.82) is 0 Å². The number of hydrogen-bond donors (Lipinski definition) is 0. The molecule has 0 atom stereocenters. The van der Waals surface area contributed by atoms with Crippen LogP contribution in [0, 0.1) is 16.1 Å². The smallest absolute Gasteiger partial charge is 0.398 e. The summed E-state index contributed by atoms with van der Waals surface area (Å²) >= 11 is 0. The largest absolute Gasteiger partial charge is 0.573 e. The van der Waals surface area contributed by atoms with Gasteiger partial charge in [0, 0.05) is 6.07 Å². The number of carbonyl (C=O) groups is 1. The lowest BCUT2D eigenvalue weighted by atomic mass is 10.3. The van der Waals surface area contributed by atoms with Crippen molar-refractivity contribution in [2.24, 2.45) is 0 Å². The predicted molar refractivity (Wildman–Crippen MR) is 42.9 cm³/mol. The first-order valence-electron chi connectivity index (χ1n) is 3.80. The highest BCUT2D eigenvalue weighted by atomic mass is 19.4. The molecular formula is C7H2F4N2O4. The van der Waals surface area contributed by atoms with E-state index in [4.69, 9.17) is 0 Å². The number of alkyl halides is 3. The van der Waals surface area contributed by atoms with Crippen LogP contribution in [0.15, 0.2) is 6.07 Å².